The highest BCUT2D eigenvalue weighted by molar-refractivity contribution is 7.98. The van der Waals surface area contributed by atoms with E-state index in [-0.39, 0.29) is 5.54 Å². The van der Waals surface area contributed by atoms with Gasteiger partial charge in [-0.15, -0.1) is 0 Å². The lowest BCUT2D eigenvalue weighted by Gasteiger charge is -2.41. The van der Waals surface area contributed by atoms with E-state index in [0.29, 0.717) is 15.7 Å². The number of hydrogen-bond acceptors (Lipinski definition) is 7. The SMILES string of the molecule is CNC1(c2ccccc2)CCN(SNc2cnccn2)CC1.Cn1c(C=O)cc2c(Cl)c(Cl)ccc21. The molecule has 2 aromatic heterocycles. The number of nitrogens with one attached hydrogen (secondary N) is 2. The number of carbonyl (C=O) groups is 1. The third kappa shape index (κ3) is 5.85. The van der Waals surface area contributed by atoms with Gasteiger partial charge in [-0.1, -0.05) is 53.5 Å². The molecule has 2 N–H and O–H groups in total. The molecule has 3 heterocycles. The summed E-state index contributed by atoms with van der Waals surface area (Å²) in [5.41, 5.74) is 2.96. The first kappa shape index (κ1) is 26.4. The Bertz CT molecular complexity index is 1290. The number of fused-ring (bicyclic) bond motifs is 1. The number of benzene rings is 2. The van der Waals surface area contributed by atoms with Crippen LogP contribution in [0.25, 0.3) is 10.9 Å². The van der Waals surface area contributed by atoms with Gasteiger partial charge in [0, 0.05) is 61.1 Å². The van der Waals surface area contributed by atoms with Crippen LogP contribution in [0.1, 0.15) is 28.9 Å². The predicted molar refractivity (Wildman–Crippen MR) is 150 cm³/mol. The molecular formula is C26H28Cl2N6OS. The third-order valence-corrected chi connectivity index (χ3v) is 8.24. The van der Waals surface area contributed by atoms with E-state index in [4.69, 9.17) is 23.2 Å². The summed E-state index contributed by atoms with van der Waals surface area (Å²) in [7, 11) is 3.88. The topological polar surface area (TPSA) is 75.1 Å². The minimum Gasteiger partial charge on any atom is -0.341 e. The summed E-state index contributed by atoms with van der Waals surface area (Å²) < 4.78 is 7.37. The molecule has 1 saturated heterocycles. The van der Waals surface area contributed by atoms with Crippen LogP contribution in [-0.4, -0.2) is 45.3 Å². The van der Waals surface area contributed by atoms with Crippen LogP contribution in [0.3, 0.4) is 0 Å². The van der Waals surface area contributed by atoms with E-state index in [0.717, 1.165) is 48.9 Å². The van der Waals surface area contributed by atoms with Crippen molar-refractivity contribution >= 4 is 58.3 Å². The zero-order chi connectivity index (χ0) is 25.5. The first-order valence-corrected chi connectivity index (χ1v) is 13.1. The van der Waals surface area contributed by atoms with Crippen molar-refractivity contribution in [3.05, 3.63) is 88.4 Å². The van der Waals surface area contributed by atoms with Gasteiger partial charge in [-0.25, -0.2) is 9.29 Å². The van der Waals surface area contributed by atoms with Crippen LogP contribution in [0, 0.1) is 0 Å². The number of piperidine rings is 1. The van der Waals surface area contributed by atoms with Crippen LogP contribution in [0.2, 0.25) is 10.0 Å². The van der Waals surface area contributed by atoms with Gasteiger partial charge >= 0.3 is 0 Å². The fourth-order valence-corrected chi connectivity index (χ4v) is 5.42. The third-order valence-electron chi connectivity index (χ3n) is 6.49. The molecule has 0 unspecified atom stereocenters. The number of hydrogen-bond donors (Lipinski definition) is 2. The molecule has 0 saturated carbocycles. The van der Waals surface area contributed by atoms with Crippen molar-refractivity contribution < 1.29 is 4.79 Å². The van der Waals surface area contributed by atoms with E-state index in [1.165, 1.54) is 5.56 Å². The van der Waals surface area contributed by atoms with Crippen LogP contribution in [0.4, 0.5) is 5.82 Å². The van der Waals surface area contributed by atoms with E-state index in [9.17, 15) is 4.79 Å². The molecule has 4 aromatic rings. The maximum absolute atomic E-state index is 10.7. The standard InChI is InChI=1S/C16H21N5S.C10H7Cl2NO/c1-17-16(14-5-3-2-4-6-14)7-11-21(12-8-16)22-20-15-13-18-9-10-19-15;1-13-6(5-14)4-7-9(13)3-2-8(11)10(7)12/h2-6,9-10,13,17H,7-8,11-12H2,1H3,(H,19,20);2-5H,1H3. The Morgan fingerprint density at radius 3 is 2.47 bits per heavy atom. The predicted octanol–water partition coefficient (Wildman–Crippen LogP) is 5.96. The second-order valence-corrected chi connectivity index (χ2v) is 10.1. The molecule has 1 fully saturated rings. The lowest BCUT2D eigenvalue weighted by molar-refractivity contribution is 0.111. The average molecular weight is 544 g/mol. The Kier molecular flexibility index (Phi) is 8.87. The van der Waals surface area contributed by atoms with Crippen LogP contribution in [0.15, 0.2) is 67.1 Å². The molecule has 10 heteroatoms. The molecule has 7 nitrogen and oxygen atoms in total. The van der Waals surface area contributed by atoms with E-state index in [2.05, 4.69) is 61.7 Å². The van der Waals surface area contributed by atoms with Gasteiger partial charge < -0.3 is 9.88 Å². The number of aryl methyl sites for hydroxylation is 1. The minimum atomic E-state index is 0.0882. The van der Waals surface area contributed by atoms with Gasteiger partial charge in [0.15, 0.2) is 12.1 Å². The molecule has 36 heavy (non-hydrogen) atoms. The summed E-state index contributed by atoms with van der Waals surface area (Å²) in [5.74, 6) is 0.793. The summed E-state index contributed by atoms with van der Waals surface area (Å²) >= 11 is 13.5. The fourth-order valence-electron chi connectivity index (χ4n) is 4.35. The summed E-state index contributed by atoms with van der Waals surface area (Å²) in [6.07, 6.45) is 8.08. The van der Waals surface area contributed by atoms with Gasteiger partial charge in [-0.3, -0.25) is 14.5 Å². The second kappa shape index (κ2) is 12.1. The number of aldehydes is 1. The van der Waals surface area contributed by atoms with Crippen molar-refractivity contribution in [3.63, 3.8) is 0 Å². The van der Waals surface area contributed by atoms with Crippen molar-refractivity contribution in [2.75, 3.05) is 24.9 Å². The van der Waals surface area contributed by atoms with Gasteiger partial charge in [-0.05, 0) is 43.7 Å². The first-order chi connectivity index (χ1) is 17.5. The zero-order valence-corrected chi connectivity index (χ0v) is 22.4. The monoisotopic (exact) mass is 542 g/mol. The lowest BCUT2D eigenvalue weighted by Crippen LogP contribution is -2.48. The van der Waals surface area contributed by atoms with E-state index >= 15 is 0 Å². The Morgan fingerprint density at radius 1 is 1.08 bits per heavy atom. The highest BCUT2D eigenvalue weighted by atomic mass is 35.5. The van der Waals surface area contributed by atoms with Gasteiger partial charge in [0.25, 0.3) is 0 Å². The van der Waals surface area contributed by atoms with Gasteiger partial charge in [0.05, 0.1) is 21.9 Å². The van der Waals surface area contributed by atoms with E-state index in [1.54, 1.807) is 47.4 Å². The molecule has 188 valence electrons. The smallest absolute Gasteiger partial charge is 0.166 e. The van der Waals surface area contributed by atoms with E-state index in [1.807, 2.05) is 13.1 Å². The van der Waals surface area contributed by atoms with Crippen LogP contribution in [0.5, 0.6) is 0 Å². The van der Waals surface area contributed by atoms with Crippen LogP contribution in [-0.2, 0) is 12.6 Å². The zero-order valence-electron chi connectivity index (χ0n) is 20.1. The highest BCUT2D eigenvalue weighted by Crippen LogP contribution is 2.35. The van der Waals surface area contributed by atoms with E-state index < -0.39 is 0 Å². The number of anilines is 1. The maximum Gasteiger partial charge on any atom is 0.166 e. The molecule has 0 aliphatic carbocycles. The largest absolute Gasteiger partial charge is 0.341 e. The molecule has 0 bridgehead atoms. The Balaban J connectivity index is 0.000000187. The maximum atomic E-state index is 10.7. The molecule has 5 rings (SSSR count). The van der Waals surface area contributed by atoms with Crippen molar-refractivity contribution in [3.8, 4) is 0 Å². The Labute approximate surface area is 225 Å². The molecule has 0 amide bonds. The Morgan fingerprint density at radius 2 is 1.83 bits per heavy atom. The summed E-state index contributed by atoms with van der Waals surface area (Å²) in [5, 5.41) is 5.35. The number of nitrogens with zero attached hydrogens (tertiary/aromatic N) is 4. The number of aromatic nitrogens is 3. The molecule has 0 spiro atoms. The molecular weight excluding hydrogens is 515 g/mol. The Hall–Kier alpha value is -2.62. The van der Waals surface area contributed by atoms with Gasteiger partial charge in [0.2, 0.25) is 0 Å². The average Bonchev–Trinajstić information content (AvgIpc) is 3.27. The number of carbonyl (C=O) groups excluding carboxylic acids is 1. The molecule has 0 radical (unpaired) electrons. The minimum absolute atomic E-state index is 0.0882. The fraction of sp³-hybridized carbons (Fsp3) is 0.269. The molecule has 1 aliphatic heterocycles. The quantitative estimate of drug-likeness (QED) is 0.230. The summed E-state index contributed by atoms with van der Waals surface area (Å²) in [4.78, 5) is 19.0. The van der Waals surface area contributed by atoms with Gasteiger partial charge in [-0.2, -0.15) is 0 Å². The normalized spacial score (nSPS) is 15.2. The lowest BCUT2D eigenvalue weighted by atomic mass is 9.82. The number of halogens is 2. The molecule has 1 aliphatic rings. The summed E-state index contributed by atoms with van der Waals surface area (Å²) in [6, 6.07) is 16.0. The highest BCUT2D eigenvalue weighted by Gasteiger charge is 2.34. The second-order valence-electron chi connectivity index (χ2n) is 8.45. The molecule has 2 aromatic carbocycles. The van der Waals surface area contributed by atoms with Crippen molar-refractivity contribution in [2.24, 2.45) is 7.05 Å². The van der Waals surface area contributed by atoms with Gasteiger partial charge in [0.1, 0.15) is 0 Å². The first-order valence-electron chi connectivity index (χ1n) is 11.5. The van der Waals surface area contributed by atoms with Crippen molar-refractivity contribution in [2.45, 2.75) is 18.4 Å². The van der Waals surface area contributed by atoms with Crippen LogP contribution >= 0.6 is 35.3 Å². The molecule has 0 atom stereocenters. The van der Waals surface area contributed by atoms with Crippen LogP contribution < -0.4 is 10.0 Å². The van der Waals surface area contributed by atoms with Crippen molar-refractivity contribution in [1.29, 1.82) is 0 Å². The van der Waals surface area contributed by atoms with Crippen molar-refractivity contribution in [1.82, 2.24) is 24.2 Å². The number of rotatable bonds is 6. The summed E-state index contributed by atoms with van der Waals surface area (Å²) in [6.45, 7) is 2.04.